The lowest BCUT2D eigenvalue weighted by molar-refractivity contribution is -0.0736. The molecule has 1 heterocycles. The maximum absolute atomic E-state index is 5.57. The number of benzene rings is 1. The number of nitrogens with one attached hydrogen (secondary N) is 1. The third-order valence-corrected chi connectivity index (χ3v) is 5.80. The van der Waals surface area contributed by atoms with Crippen molar-refractivity contribution in [3.8, 4) is 0 Å². The van der Waals surface area contributed by atoms with Crippen molar-refractivity contribution in [3.05, 3.63) is 34.3 Å². The highest BCUT2D eigenvalue weighted by atomic mass is 79.9. The number of rotatable bonds is 5. The predicted molar refractivity (Wildman–Crippen MR) is 90.7 cm³/mol. The van der Waals surface area contributed by atoms with E-state index in [1.807, 2.05) is 0 Å². The molecule has 1 aromatic carbocycles. The summed E-state index contributed by atoms with van der Waals surface area (Å²) < 4.78 is 6.77. The van der Waals surface area contributed by atoms with Crippen LogP contribution in [0.15, 0.2) is 28.7 Å². The first-order valence-electron chi connectivity index (χ1n) is 8.23. The van der Waals surface area contributed by atoms with E-state index in [1.165, 1.54) is 42.1 Å². The Morgan fingerprint density at radius 2 is 2.00 bits per heavy atom. The van der Waals surface area contributed by atoms with Gasteiger partial charge in [-0.15, -0.1) is 0 Å². The largest absolute Gasteiger partial charge is 0.381 e. The van der Waals surface area contributed by atoms with Crippen molar-refractivity contribution in [1.82, 2.24) is 5.32 Å². The van der Waals surface area contributed by atoms with E-state index in [4.69, 9.17) is 4.74 Å². The monoisotopic (exact) mass is 351 g/mol. The molecule has 2 fully saturated rings. The highest BCUT2D eigenvalue weighted by Gasteiger charge is 2.54. The Balaban J connectivity index is 1.77. The fourth-order valence-electron chi connectivity index (χ4n) is 4.30. The number of hydrogen-bond donors (Lipinski definition) is 1. The predicted octanol–water partition coefficient (Wildman–Crippen LogP) is 4.28. The quantitative estimate of drug-likeness (QED) is 0.799. The highest BCUT2D eigenvalue weighted by Crippen LogP contribution is 2.60. The normalized spacial score (nSPS) is 23.0. The molecule has 1 aromatic rings. The minimum absolute atomic E-state index is 0.330. The molecule has 21 heavy (non-hydrogen) atoms. The smallest absolute Gasteiger partial charge is 0.0471 e. The van der Waals surface area contributed by atoms with Gasteiger partial charge in [0.15, 0.2) is 0 Å². The van der Waals surface area contributed by atoms with Gasteiger partial charge in [0.2, 0.25) is 0 Å². The van der Waals surface area contributed by atoms with Crippen LogP contribution in [0, 0.1) is 5.41 Å². The fourth-order valence-corrected chi connectivity index (χ4v) is 4.70. The summed E-state index contributed by atoms with van der Waals surface area (Å²) >= 11 is 3.64. The van der Waals surface area contributed by atoms with Crippen molar-refractivity contribution in [2.75, 3.05) is 26.3 Å². The molecule has 1 aliphatic carbocycles. The molecule has 2 aliphatic rings. The average molecular weight is 352 g/mol. The van der Waals surface area contributed by atoms with Gasteiger partial charge in [0, 0.05) is 29.6 Å². The van der Waals surface area contributed by atoms with Gasteiger partial charge in [0.05, 0.1) is 0 Å². The molecule has 3 heteroatoms. The maximum Gasteiger partial charge on any atom is 0.0471 e. The first-order valence-corrected chi connectivity index (χ1v) is 9.02. The van der Waals surface area contributed by atoms with Crippen LogP contribution in [0.4, 0.5) is 0 Å². The molecule has 1 N–H and O–H groups in total. The van der Waals surface area contributed by atoms with Gasteiger partial charge in [-0.3, -0.25) is 0 Å². The molecular weight excluding hydrogens is 326 g/mol. The number of halogens is 1. The van der Waals surface area contributed by atoms with Crippen LogP contribution in [-0.4, -0.2) is 26.3 Å². The first kappa shape index (κ1) is 15.5. The maximum atomic E-state index is 5.57. The van der Waals surface area contributed by atoms with Gasteiger partial charge in [0.1, 0.15) is 0 Å². The van der Waals surface area contributed by atoms with Gasteiger partial charge < -0.3 is 10.1 Å². The number of hydrogen-bond acceptors (Lipinski definition) is 2. The molecule has 2 nitrogen and oxygen atoms in total. The number of ether oxygens (including phenoxy) is 1. The van der Waals surface area contributed by atoms with Gasteiger partial charge >= 0.3 is 0 Å². The SMILES string of the molecule is CCCNCC1(c2cccc(Br)c2)CC2(CCOCC2)C1. The van der Waals surface area contributed by atoms with Crippen molar-refractivity contribution < 1.29 is 4.74 Å². The minimum atomic E-state index is 0.330. The van der Waals surface area contributed by atoms with Crippen LogP contribution in [0.25, 0.3) is 0 Å². The fraction of sp³-hybridized carbons (Fsp3) is 0.667. The van der Waals surface area contributed by atoms with Crippen LogP contribution in [0.2, 0.25) is 0 Å². The van der Waals surface area contributed by atoms with Gasteiger partial charge in [-0.2, -0.15) is 0 Å². The van der Waals surface area contributed by atoms with Crippen LogP contribution in [-0.2, 0) is 10.2 Å². The molecule has 116 valence electrons. The van der Waals surface area contributed by atoms with Gasteiger partial charge in [0.25, 0.3) is 0 Å². The minimum Gasteiger partial charge on any atom is -0.381 e. The van der Waals surface area contributed by atoms with Crippen molar-refractivity contribution in [1.29, 1.82) is 0 Å². The molecule has 1 spiro atoms. The highest BCUT2D eigenvalue weighted by molar-refractivity contribution is 9.10. The van der Waals surface area contributed by atoms with Crippen molar-refractivity contribution >= 4 is 15.9 Å². The Kier molecular flexibility index (Phi) is 4.72. The summed E-state index contributed by atoms with van der Waals surface area (Å²) in [5, 5.41) is 3.67. The molecule has 0 atom stereocenters. The summed E-state index contributed by atoms with van der Waals surface area (Å²) in [5.74, 6) is 0. The molecule has 1 aliphatic heterocycles. The van der Waals surface area contributed by atoms with E-state index in [0.29, 0.717) is 10.8 Å². The summed E-state index contributed by atoms with van der Waals surface area (Å²) in [7, 11) is 0. The summed E-state index contributed by atoms with van der Waals surface area (Å²) in [6.07, 6.45) is 6.33. The Morgan fingerprint density at radius 1 is 1.24 bits per heavy atom. The Labute approximate surface area is 136 Å². The van der Waals surface area contributed by atoms with Crippen molar-refractivity contribution in [3.63, 3.8) is 0 Å². The summed E-state index contributed by atoms with van der Waals surface area (Å²) in [6.45, 7) is 6.37. The third-order valence-electron chi connectivity index (χ3n) is 5.31. The van der Waals surface area contributed by atoms with E-state index in [9.17, 15) is 0 Å². The Bertz CT molecular complexity index is 474. The van der Waals surface area contributed by atoms with Crippen LogP contribution in [0.1, 0.15) is 44.6 Å². The molecule has 1 saturated heterocycles. The van der Waals surface area contributed by atoms with E-state index >= 15 is 0 Å². The van der Waals surface area contributed by atoms with Crippen molar-refractivity contribution in [2.24, 2.45) is 5.41 Å². The second-order valence-corrected chi connectivity index (χ2v) is 7.85. The average Bonchev–Trinajstić information content (AvgIpc) is 2.46. The zero-order chi connectivity index (χ0) is 14.8. The lowest BCUT2D eigenvalue weighted by atomic mass is 9.48. The molecule has 0 unspecified atom stereocenters. The Morgan fingerprint density at radius 3 is 2.67 bits per heavy atom. The summed E-state index contributed by atoms with van der Waals surface area (Å²) in [4.78, 5) is 0. The van der Waals surface area contributed by atoms with Crippen LogP contribution >= 0.6 is 15.9 Å². The van der Waals surface area contributed by atoms with Crippen LogP contribution in [0.5, 0.6) is 0 Å². The molecular formula is C18H26BrNO. The van der Waals surface area contributed by atoms with E-state index < -0.39 is 0 Å². The van der Waals surface area contributed by atoms with Gasteiger partial charge in [-0.25, -0.2) is 0 Å². The van der Waals surface area contributed by atoms with E-state index in [1.54, 1.807) is 0 Å². The molecule has 0 aromatic heterocycles. The van der Waals surface area contributed by atoms with Crippen LogP contribution in [0.3, 0.4) is 0 Å². The van der Waals surface area contributed by atoms with E-state index in [2.05, 4.69) is 52.4 Å². The zero-order valence-electron chi connectivity index (χ0n) is 13.0. The van der Waals surface area contributed by atoms with E-state index in [-0.39, 0.29) is 0 Å². The van der Waals surface area contributed by atoms with Gasteiger partial charge in [-0.1, -0.05) is 35.0 Å². The molecule has 0 radical (unpaired) electrons. The first-order chi connectivity index (χ1) is 10.2. The molecule has 3 rings (SSSR count). The summed E-state index contributed by atoms with van der Waals surface area (Å²) in [5.41, 5.74) is 2.38. The second kappa shape index (κ2) is 6.39. The lowest BCUT2D eigenvalue weighted by Crippen LogP contribution is -2.56. The zero-order valence-corrected chi connectivity index (χ0v) is 14.5. The summed E-state index contributed by atoms with van der Waals surface area (Å²) in [6, 6.07) is 8.93. The van der Waals surface area contributed by atoms with Crippen LogP contribution < -0.4 is 5.32 Å². The molecule has 0 amide bonds. The van der Waals surface area contributed by atoms with Crippen molar-refractivity contribution in [2.45, 2.75) is 44.4 Å². The standard InChI is InChI=1S/C18H26BrNO/c1-2-8-20-14-18(15-4-3-5-16(19)11-15)12-17(13-18)6-9-21-10-7-17/h3-5,11,20H,2,6-10,12-14H2,1H3. The topological polar surface area (TPSA) is 21.3 Å². The van der Waals surface area contributed by atoms with E-state index in [0.717, 1.165) is 26.3 Å². The van der Waals surface area contributed by atoms with Gasteiger partial charge in [-0.05, 0) is 61.8 Å². The lowest BCUT2D eigenvalue weighted by Gasteiger charge is -2.58. The molecule has 1 saturated carbocycles. The third kappa shape index (κ3) is 3.20. The molecule has 0 bridgehead atoms. The Hall–Kier alpha value is -0.380. The second-order valence-electron chi connectivity index (χ2n) is 6.93.